The predicted molar refractivity (Wildman–Crippen MR) is 104 cm³/mol. The van der Waals surface area contributed by atoms with E-state index in [0.29, 0.717) is 25.3 Å². The SMILES string of the molecule is O=C(CCc1ccccc1)NCc1ccc(OCc2cccc(F)c2)cc1. The highest BCUT2D eigenvalue weighted by Gasteiger charge is 2.03. The Morgan fingerprint density at radius 2 is 1.59 bits per heavy atom. The fourth-order valence-electron chi connectivity index (χ4n) is 2.69. The van der Waals surface area contributed by atoms with Crippen LogP contribution in [0.1, 0.15) is 23.1 Å². The minimum atomic E-state index is -0.269. The monoisotopic (exact) mass is 363 g/mol. The van der Waals surface area contributed by atoms with Crippen molar-refractivity contribution in [2.24, 2.45) is 0 Å². The molecule has 0 unspecified atom stereocenters. The number of rotatable bonds is 8. The van der Waals surface area contributed by atoms with Gasteiger partial charge < -0.3 is 10.1 Å². The summed E-state index contributed by atoms with van der Waals surface area (Å²) in [6.45, 7) is 0.797. The van der Waals surface area contributed by atoms with Crippen molar-refractivity contribution in [2.45, 2.75) is 26.0 Å². The molecule has 138 valence electrons. The molecule has 0 fully saturated rings. The van der Waals surface area contributed by atoms with Gasteiger partial charge in [-0.05, 0) is 47.4 Å². The number of amides is 1. The summed E-state index contributed by atoms with van der Waals surface area (Å²) >= 11 is 0. The molecule has 3 aromatic rings. The van der Waals surface area contributed by atoms with Crippen LogP contribution in [-0.2, 0) is 24.4 Å². The number of nitrogens with one attached hydrogen (secondary N) is 1. The van der Waals surface area contributed by atoms with Crippen molar-refractivity contribution in [2.75, 3.05) is 0 Å². The number of benzene rings is 3. The van der Waals surface area contributed by atoms with Gasteiger partial charge >= 0.3 is 0 Å². The van der Waals surface area contributed by atoms with Crippen molar-refractivity contribution in [3.05, 3.63) is 101 Å². The van der Waals surface area contributed by atoms with Gasteiger partial charge in [0.15, 0.2) is 0 Å². The first-order chi connectivity index (χ1) is 13.2. The second-order valence-electron chi connectivity index (χ2n) is 6.32. The Hall–Kier alpha value is -3.14. The Kier molecular flexibility index (Phi) is 6.58. The lowest BCUT2D eigenvalue weighted by atomic mass is 10.1. The van der Waals surface area contributed by atoms with Gasteiger partial charge in [0.05, 0.1) is 0 Å². The van der Waals surface area contributed by atoms with Crippen molar-refractivity contribution in [1.29, 1.82) is 0 Å². The fourth-order valence-corrected chi connectivity index (χ4v) is 2.69. The Balaban J connectivity index is 1.41. The van der Waals surface area contributed by atoms with Crippen LogP contribution >= 0.6 is 0 Å². The first-order valence-corrected chi connectivity index (χ1v) is 8.96. The maximum atomic E-state index is 13.2. The van der Waals surface area contributed by atoms with E-state index in [1.165, 1.54) is 12.1 Å². The maximum absolute atomic E-state index is 13.2. The van der Waals surface area contributed by atoms with E-state index in [4.69, 9.17) is 4.74 Å². The zero-order valence-corrected chi connectivity index (χ0v) is 15.0. The molecule has 0 saturated heterocycles. The summed E-state index contributed by atoms with van der Waals surface area (Å²) in [7, 11) is 0. The van der Waals surface area contributed by atoms with E-state index < -0.39 is 0 Å². The van der Waals surface area contributed by atoms with Crippen LogP contribution in [0, 0.1) is 5.82 Å². The van der Waals surface area contributed by atoms with Crippen molar-refractivity contribution in [1.82, 2.24) is 5.32 Å². The molecular weight excluding hydrogens is 341 g/mol. The third-order valence-electron chi connectivity index (χ3n) is 4.19. The van der Waals surface area contributed by atoms with Crippen LogP contribution < -0.4 is 10.1 Å². The quantitative estimate of drug-likeness (QED) is 0.632. The minimum Gasteiger partial charge on any atom is -0.489 e. The molecule has 0 atom stereocenters. The van der Waals surface area contributed by atoms with Crippen molar-refractivity contribution in [3.63, 3.8) is 0 Å². The van der Waals surface area contributed by atoms with E-state index in [-0.39, 0.29) is 11.7 Å². The second-order valence-corrected chi connectivity index (χ2v) is 6.32. The number of carbonyl (C=O) groups excluding carboxylic acids is 1. The van der Waals surface area contributed by atoms with Crippen LogP contribution in [0.25, 0.3) is 0 Å². The van der Waals surface area contributed by atoms with Gasteiger partial charge in [0.1, 0.15) is 18.2 Å². The Labute approximate surface area is 158 Å². The molecule has 0 spiro atoms. The molecule has 1 N–H and O–H groups in total. The summed E-state index contributed by atoms with van der Waals surface area (Å²) in [5, 5.41) is 2.93. The molecule has 4 heteroatoms. The highest BCUT2D eigenvalue weighted by Crippen LogP contribution is 2.15. The summed E-state index contributed by atoms with van der Waals surface area (Å²) < 4.78 is 18.8. The van der Waals surface area contributed by atoms with Gasteiger partial charge in [0.25, 0.3) is 0 Å². The van der Waals surface area contributed by atoms with Crippen molar-refractivity contribution >= 4 is 5.91 Å². The van der Waals surface area contributed by atoms with Gasteiger partial charge in [0.2, 0.25) is 5.91 Å². The van der Waals surface area contributed by atoms with E-state index in [1.807, 2.05) is 60.7 Å². The molecule has 0 heterocycles. The summed E-state index contributed by atoms with van der Waals surface area (Å²) in [5.41, 5.74) is 2.94. The van der Waals surface area contributed by atoms with Crippen LogP contribution in [-0.4, -0.2) is 5.91 Å². The summed E-state index contributed by atoms with van der Waals surface area (Å²) in [6, 6.07) is 23.9. The second kappa shape index (κ2) is 9.53. The molecule has 3 aromatic carbocycles. The number of hydrogen-bond acceptors (Lipinski definition) is 2. The van der Waals surface area contributed by atoms with Gasteiger partial charge in [-0.2, -0.15) is 0 Å². The lowest BCUT2D eigenvalue weighted by Gasteiger charge is -2.09. The van der Waals surface area contributed by atoms with Crippen molar-refractivity contribution < 1.29 is 13.9 Å². The molecule has 27 heavy (non-hydrogen) atoms. The van der Waals surface area contributed by atoms with Crippen LogP contribution in [0.4, 0.5) is 4.39 Å². The molecule has 3 nitrogen and oxygen atoms in total. The first kappa shape index (κ1) is 18.6. The summed E-state index contributed by atoms with van der Waals surface area (Å²) in [4.78, 5) is 12.0. The number of halogens is 1. The first-order valence-electron chi connectivity index (χ1n) is 8.96. The standard InChI is InChI=1S/C23H22FNO2/c24-21-8-4-7-20(15-21)17-27-22-12-9-19(10-13-22)16-25-23(26)14-11-18-5-2-1-3-6-18/h1-10,12-13,15H,11,14,16-17H2,(H,25,26). The molecular formula is C23H22FNO2. The molecule has 1 amide bonds. The van der Waals surface area contributed by atoms with E-state index in [0.717, 1.165) is 23.1 Å². The van der Waals surface area contributed by atoms with E-state index in [2.05, 4.69) is 5.32 Å². The normalized spacial score (nSPS) is 10.4. The van der Waals surface area contributed by atoms with Gasteiger partial charge in [-0.1, -0.05) is 54.6 Å². The van der Waals surface area contributed by atoms with Crippen LogP contribution in [0.5, 0.6) is 5.75 Å². The number of carbonyl (C=O) groups is 1. The Bertz CT molecular complexity index is 863. The minimum absolute atomic E-state index is 0.0327. The molecule has 0 saturated carbocycles. The molecule has 3 rings (SSSR count). The maximum Gasteiger partial charge on any atom is 0.220 e. The van der Waals surface area contributed by atoms with Crippen LogP contribution in [0.3, 0.4) is 0 Å². The zero-order valence-electron chi connectivity index (χ0n) is 15.0. The van der Waals surface area contributed by atoms with Gasteiger partial charge in [-0.3, -0.25) is 4.79 Å². The molecule has 0 radical (unpaired) electrons. The Morgan fingerprint density at radius 1 is 0.852 bits per heavy atom. The fraction of sp³-hybridized carbons (Fsp3) is 0.174. The van der Waals surface area contributed by atoms with E-state index in [9.17, 15) is 9.18 Å². The van der Waals surface area contributed by atoms with Crippen molar-refractivity contribution in [3.8, 4) is 5.75 Å². The third kappa shape index (κ3) is 6.26. The summed E-state index contributed by atoms with van der Waals surface area (Å²) in [5.74, 6) is 0.471. The molecule has 0 aliphatic carbocycles. The van der Waals surface area contributed by atoms with Gasteiger partial charge in [0, 0.05) is 13.0 Å². The van der Waals surface area contributed by atoms with Crippen LogP contribution in [0.15, 0.2) is 78.9 Å². The third-order valence-corrected chi connectivity index (χ3v) is 4.19. The predicted octanol–water partition coefficient (Wildman–Crippen LogP) is 4.65. The van der Waals surface area contributed by atoms with E-state index in [1.54, 1.807) is 6.07 Å². The topological polar surface area (TPSA) is 38.3 Å². The highest BCUT2D eigenvalue weighted by atomic mass is 19.1. The smallest absolute Gasteiger partial charge is 0.220 e. The highest BCUT2D eigenvalue weighted by molar-refractivity contribution is 5.76. The van der Waals surface area contributed by atoms with Crippen LogP contribution in [0.2, 0.25) is 0 Å². The molecule has 0 aromatic heterocycles. The average molecular weight is 363 g/mol. The number of ether oxygens (including phenoxy) is 1. The molecule has 0 aliphatic rings. The number of hydrogen-bond donors (Lipinski definition) is 1. The molecule has 0 bridgehead atoms. The number of aryl methyl sites for hydroxylation is 1. The summed E-state index contributed by atoms with van der Waals surface area (Å²) in [6.07, 6.45) is 1.21. The molecule has 0 aliphatic heterocycles. The average Bonchev–Trinajstić information content (AvgIpc) is 2.71. The van der Waals surface area contributed by atoms with Gasteiger partial charge in [-0.25, -0.2) is 4.39 Å². The lowest BCUT2D eigenvalue weighted by Crippen LogP contribution is -2.22. The Morgan fingerprint density at radius 3 is 2.33 bits per heavy atom. The largest absolute Gasteiger partial charge is 0.489 e. The lowest BCUT2D eigenvalue weighted by molar-refractivity contribution is -0.121. The van der Waals surface area contributed by atoms with E-state index >= 15 is 0 Å². The zero-order chi connectivity index (χ0) is 18.9. The van der Waals surface area contributed by atoms with Gasteiger partial charge in [-0.15, -0.1) is 0 Å².